The minimum absolute atomic E-state index is 0.130. The third kappa shape index (κ3) is 4.20. The number of methoxy groups -OCH3 is 5. The Balaban J connectivity index is 2.20. The van der Waals surface area contributed by atoms with E-state index in [-0.39, 0.29) is 11.8 Å². The Kier molecular flexibility index (Phi) is 7.12. The van der Waals surface area contributed by atoms with Gasteiger partial charge in [-0.05, 0) is 18.2 Å². The average Bonchev–Trinajstić information content (AvgIpc) is 2.79. The topological polar surface area (TPSA) is 80.1 Å². The average molecular weight is 420 g/mol. The van der Waals surface area contributed by atoms with Gasteiger partial charge in [-0.25, -0.2) is 0 Å². The first-order valence-electron chi connectivity index (χ1n) is 9.75. The fourth-order valence-corrected chi connectivity index (χ4v) is 3.94. The zero-order valence-electron chi connectivity index (χ0n) is 18.1. The molecule has 30 heavy (non-hydrogen) atoms. The molecule has 1 heterocycles. The molecule has 0 aromatic heterocycles. The zero-order valence-corrected chi connectivity index (χ0v) is 18.1. The van der Waals surface area contributed by atoms with Crippen LogP contribution in [0.2, 0.25) is 0 Å². The second-order valence-corrected chi connectivity index (χ2v) is 6.93. The van der Waals surface area contributed by atoms with Gasteiger partial charge < -0.3 is 38.4 Å². The molecule has 2 N–H and O–H groups in total. The van der Waals surface area contributed by atoms with Crippen LogP contribution < -0.4 is 28.6 Å². The molecular weight excluding hydrogens is 390 g/mol. The summed E-state index contributed by atoms with van der Waals surface area (Å²) >= 11 is 0. The minimum Gasteiger partial charge on any atom is -0.507 e. The summed E-state index contributed by atoms with van der Waals surface area (Å²) in [5, 5.41) is 10.9. The molecule has 1 fully saturated rings. The lowest BCUT2D eigenvalue weighted by atomic mass is 9.94. The molecule has 0 spiro atoms. The molecule has 1 saturated heterocycles. The molecule has 1 aliphatic heterocycles. The van der Waals surface area contributed by atoms with Gasteiger partial charge in [-0.2, -0.15) is 0 Å². The van der Waals surface area contributed by atoms with Crippen LogP contribution in [-0.2, 0) is 4.74 Å². The van der Waals surface area contributed by atoms with Crippen molar-refractivity contribution >= 4 is 0 Å². The Labute approximate surface area is 176 Å². The summed E-state index contributed by atoms with van der Waals surface area (Å²) in [6.07, 6.45) is 0. The van der Waals surface area contributed by atoms with Crippen LogP contribution in [0.25, 0.3) is 0 Å². The van der Waals surface area contributed by atoms with Crippen LogP contribution in [0.15, 0.2) is 24.3 Å². The first-order valence-corrected chi connectivity index (χ1v) is 9.75. The molecule has 0 amide bonds. The number of hydrogen-bond acceptors (Lipinski definition) is 7. The van der Waals surface area contributed by atoms with Crippen LogP contribution in [-0.4, -0.2) is 67.0 Å². The Morgan fingerprint density at radius 2 is 1.30 bits per heavy atom. The maximum Gasteiger partial charge on any atom is 0.203 e. The summed E-state index contributed by atoms with van der Waals surface area (Å²) in [7, 11) is 7.87. The Bertz CT molecular complexity index is 840. The molecule has 1 atom stereocenters. The van der Waals surface area contributed by atoms with Crippen LogP contribution in [0.4, 0.5) is 0 Å². The zero-order chi connectivity index (χ0) is 21.7. The number of phenols is 1. The van der Waals surface area contributed by atoms with Gasteiger partial charge in [0.25, 0.3) is 0 Å². The van der Waals surface area contributed by atoms with Gasteiger partial charge in [0.15, 0.2) is 23.0 Å². The standard InChI is InChI=1S/C22H29NO7/c1-25-17-12-15(16(24)13-18(17)26-2)21(23-6-8-30-9-7-23)14-10-19(27-3)22(29-5)20(11-14)28-4/h10-13,21,24H,6-9H2,1-5H3/p+1/t21-/m1/s1. The van der Waals surface area contributed by atoms with Gasteiger partial charge in [0, 0.05) is 11.6 Å². The van der Waals surface area contributed by atoms with Gasteiger partial charge in [0.1, 0.15) is 24.9 Å². The van der Waals surface area contributed by atoms with Crippen molar-refractivity contribution in [3.8, 4) is 34.5 Å². The van der Waals surface area contributed by atoms with Crippen LogP contribution in [0.5, 0.6) is 34.5 Å². The van der Waals surface area contributed by atoms with Gasteiger partial charge in [0.05, 0.1) is 54.3 Å². The quantitative estimate of drug-likeness (QED) is 0.669. The van der Waals surface area contributed by atoms with Crippen molar-refractivity contribution in [3.63, 3.8) is 0 Å². The van der Waals surface area contributed by atoms with E-state index >= 15 is 0 Å². The van der Waals surface area contributed by atoms with Crippen LogP contribution in [0.1, 0.15) is 17.2 Å². The van der Waals surface area contributed by atoms with E-state index in [1.54, 1.807) is 41.6 Å². The number of rotatable bonds is 8. The fraction of sp³-hybridized carbons (Fsp3) is 0.455. The summed E-state index contributed by atoms with van der Waals surface area (Å²) in [5.41, 5.74) is 1.64. The third-order valence-corrected chi connectivity index (χ3v) is 5.41. The van der Waals surface area contributed by atoms with Crippen molar-refractivity contribution in [2.75, 3.05) is 61.9 Å². The maximum atomic E-state index is 10.9. The van der Waals surface area contributed by atoms with Crippen molar-refractivity contribution in [3.05, 3.63) is 35.4 Å². The molecular formula is C22H30NO7+. The van der Waals surface area contributed by atoms with Gasteiger partial charge in [-0.15, -0.1) is 0 Å². The van der Waals surface area contributed by atoms with E-state index in [0.29, 0.717) is 42.0 Å². The number of phenolic OH excluding ortho intramolecular Hbond substituents is 1. The fourth-order valence-electron chi connectivity index (χ4n) is 3.94. The summed E-state index contributed by atoms with van der Waals surface area (Å²) in [6.45, 7) is 2.86. The largest absolute Gasteiger partial charge is 0.507 e. The van der Waals surface area contributed by atoms with Crippen LogP contribution in [0, 0.1) is 0 Å². The summed E-state index contributed by atoms with van der Waals surface area (Å²) < 4.78 is 33.0. The highest BCUT2D eigenvalue weighted by Crippen LogP contribution is 2.43. The van der Waals surface area contributed by atoms with E-state index in [4.69, 9.17) is 28.4 Å². The van der Waals surface area contributed by atoms with Crippen molar-refractivity contribution in [1.82, 2.24) is 0 Å². The number of hydrogen-bond donors (Lipinski definition) is 2. The molecule has 8 heteroatoms. The number of ether oxygens (including phenoxy) is 6. The number of benzene rings is 2. The molecule has 0 unspecified atom stereocenters. The minimum atomic E-state index is -0.206. The highest BCUT2D eigenvalue weighted by molar-refractivity contribution is 5.57. The van der Waals surface area contributed by atoms with E-state index in [0.717, 1.165) is 24.2 Å². The second kappa shape index (κ2) is 9.77. The maximum absolute atomic E-state index is 10.9. The van der Waals surface area contributed by atoms with Crippen molar-refractivity contribution < 1.29 is 38.4 Å². The molecule has 0 bridgehead atoms. The smallest absolute Gasteiger partial charge is 0.203 e. The molecule has 3 rings (SSSR count). The SMILES string of the molecule is COc1cc(O)c([C@@H](c2cc(OC)c(OC)c(OC)c2)[NH+]2CCOCC2)cc1OC. The van der Waals surface area contributed by atoms with E-state index in [1.807, 2.05) is 18.2 Å². The van der Waals surface area contributed by atoms with Gasteiger partial charge in [0.2, 0.25) is 5.75 Å². The third-order valence-electron chi connectivity index (χ3n) is 5.41. The predicted molar refractivity (Wildman–Crippen MR) is 111 cm³/mol. The number of morpholine rings is 1. The molecule has 2 aromatic rings. The lowest BCUT2D eigenvalue weighted by Crippen LogP contribution is -3.14. The van der Waals surface area contributed by atoms with Crippen molar-refractivity contribution in [1.29, 1.82) is 0 Å². The summed E-state index contributed by atoms with van der Waals surface area (Å²) in [5.74, 6) is 2.80. The Morgan fingerprint density at radius 1 is 0.767 bits per heavy atom. The molecule has 2 aromatic carbocycles. The number of nitrogens with one attached hydrogen (secondary N) is 1. The second-order valence-electron chi connectivity index (χ2n) is 6.93. The summed E-state index contributed by atoms with van der Waals surface area (Å²) in [6, 6.07) is 7.04. The predicted octanol–water partition coefficient (Wildman–Crippen LogP) is 1.44. The number of quaternary nitrogens is 1. The van der Waals surface area contributed by atoms with E-state index < -0.39 is 0 Å². The normalized spacial score (nSPS) is 15.4. The lowest BCUT2D eigenvalue weighted by Gasteiger charge is -2.33. The highest BCUT2D eigenvalue weighted by atomic mass is 16.5. The molecule has 164 valence electrons. The molecule has 0 aliphatic carbocycles. The Morgan fingerprint density at radius 3 is 1.80 bits per heavy atom. The highest BCUT2D eigenvalue weighted by Gasteiger charge is 2.33. The molecule has 0 saturated carbocycles. The molecule has 8 nitrogen and oxygen atoms in total. The van der Waals surface area contributed by atoms with E-state index in [9.17, 15) is 5.11 Å². The molecule has 1 aliphatic rings. The monoisotopic (exact) mass is 420 g/mol. The first kappa shape index (κ1) is 21.9. The van der Waals surface area contributed by atoms with Crippen LogP contribution >= 0.6 is 0 Å². The summed E-state index contributed by atoms with van der Waals surface area (Å²) in [4.78, 5) is 1.25. The van der Waals surface area contributed by atoms with Crippen LogP contribution in [0.3, 0.4) is 0 Å². The van der Waals surface area contributed by atoms with Gasteiger partial charge in [-0.3, -0.25) is 0 Å². The first-order chi connectivity index (χ1) is 14.6. The lowest BCUT2D eigenvalue weighted by molar-refractivity contribution is -0.933. The van der Waals surface area contributed by atoms with Crippen molar-refractivity contribution in [2.45, 2.75) is 6.04 Å². The van der Waals surface area contributed by atoms with E-state index in [1.165, 1.54) is 4.90 Å². The van der Waals surface area contributed by atoms with Crippen molar-refractivity contribution in [2.24, 2.45) is 0 Å². The number of aromatic hydroxyl groups is 1. The molecule has 0 radical (unpaired) electrons. The van der Waals surface area contributed by atoms with Gasteiger partial charge in [-0.1, -0.05) is 0 Å². The Hall–Kier alpha value is -2.84. The van der Waals surface area contributed by atoms with E-state index in [2.05, 4.69) is 0 Å². The van der Waals surface area contributed by atoms with Gasteiger partial charge >= 0.3 is 0 Å².